The maximum atomic E-state index is 12.7. The summed E-state index contributed by atoms with van der Waals surface area (Å²) in [6.07, 6.45) is 0.756. The Morgan fingerprint density at radius 3 is 3.00 bits per heavy atom. The summed E-state index contributed by atoms with van der Waals surface area (Å²) in [5.41, 5.74) is 2.84. The van der Waals surface area contributed by atoms with Gasteiger partial charge in [-0.25, -0.2) is 0 Å². The monoisotopic (exact) mass is 294 g/mol. The van der Waals surface area contributed by atoms with Crippen LogP contribution in [0.5, 0.6) is 0 Å². The van der Waals surface area contributed by atoms with Gasteiger partial charge < -0.3 is 15.1 Å². The van der Waals surface area contributed by atoms with E-state index < -0.39 is 4.92 Å². The number of carbonyl (C=O) groups excluding carboxylic acids is 1. The zero-order valence-electron chi connectivity index (χ0n) is 11.7. The van der Waals surface area contributed by atoms with Crippen LogP contribution in [-0.4, -0.2) is 41.5 Å². The van der Waals surface area contributed by atoms with E-state index in [4.69, 9.17) is 10.6 Å². The number of anilines is 1. The summed E-state index contributed by atoms with van der Waals surface area (Å²) in [5, 5.41) is 10.9. The summed E-state index contributed by atoms with van der Waals surface area (Å²) < 4.78 is 5.37. The van der Waals surface area contributed by atoms with E-state index in [-0.39, 0.29) is 23.2 Å². The molecule has 0 spiro atoms. The van der Waals surface area contributed by atoms with Crippen LogP contribution in [-0.2, 0) is 4.74 Å². The first kappa shape index (κ1) is 15.2. The molecule has 1 fully saturated rings. The van der Waals surface area contributed by atoms with Crippen LogP contribution in [0.1, 0.15) is 23.7 Å². The van der Waals surface area contributed by atoms with E-state index in [2.05, 4.69) is 5.43 Å². The van der Waals surface area contributed by atoms with Gasteiger partial charge in [0.05, 0.1) is 35.4 Å². The summed E-state index contributed by atoms with van der Waals surface area (Å²) >= 11 is 0. The van der Waals surface area contributed by atoms with Gasteiger partial charge >= 0.3 is 0 Å². The number of nitrogen functional groups attached to an aromatic ring is 1. The van der Waals surface area contributed by atoms with Crippen molar-refractivity contribution in [1.82, 2.24) is 4.90 Å². The fourth-order valence-electron chi connectivity index (χ4n) is 2.36. The van der Waals surface area contributed by atoms with Crippen molar-refractivity contribution in [2.75, 3.05) is 25.2 Å². The number of benzene rings is 1. The van der Waals surface area contributed by atoms with Crippen LogP contribution in [0.2, 0.25) is 0 Å². The number of nitro groups is 1. The van der Waals surface area contributed by atoms with Crippen LogP contribution < -0.4 is 11.3 Å². The number of nitrogens with two attached hydrogens (primary N) is 1. The fourth-order valence-corrected chi connectivity index (χ4v) is 2.36. The minimum atomic E-state index is -0.534. The summed E-state index contributed by atoms with van der Waals surface area (Å²) in [6.45, 7) is 3.37. The molecular weight excluding hydrogens is 276 g/mol. The third-order valence-electron chi connectivity index (χ3n) is 3.56. The number of amides is 1. The van der Waals surface area contributed by atoms with Crippen molar-refractivity contribution in [3.05, 3.63) is 33.9 Å². The number of nitrogens with one attached hydrogen (secondary N) is 1. The Labute approximate surface area is 122 Å². The predicted molar refractivity (Wildman–Crippen MR) is 76.8 cm³/mol. The third kappa shape index (κ3) is 3.11. The number of nitrogens with zero attached hydrogens (tertiary/aromatic N) is 2. The molecule has 0 bridgehead atoms. The maximum absolute atomic E-state index is 12.7. The van der Waals surface area contributed by atoms with E-state index in [0.717, 1.165) is 6.42 Å². The minimum Gasteiger partial charge on any atom is -0.377 e. The van der Waals surface area contributed by atoms with Gasteiger partial charge in [0.25, 0.3) is 11.6 Å². The van der Waals surface area contributed by atoms with Crippen LogP contribution >= 0.6 is 0 Å². The van der Waals surface area contributed by atoms with Gasteiger partial charge in [-0.3, -0.25) is 20.8 Å². The topological polar surface area (TPSA) is 111 Å². The average molecular weight is 294 g/mol. The van der Waals surface area contributed by atoms with Gasteiger partial charge in [0.15, 0.2) is 0 Å². The van der Waals surface area contributed by atoms with Crippen molar-refractivity contribution in [2.45, 2.75) is 19.4 Å². The number of rotatable bonds is 4. The molecule has 114 valence electrons. The molecule has 1 saturated heterocycles. The van der Waals surface area contributed by atoms with Crippen LogP contribution in [0.15, 0.2) is 18.2 Å². The number of hydrogen-bond acceptors (Lipinski definition) is 6. The molecule has 1 heterocycles. The Morgan fingerprint density at radius 1 is 1.62 bits per heavy atom. The molecule has 1 aliphatic heterocycles. The first-order valence-electron chi connectivity index (χ1n) is 6.72. The lowest BCUT2D eigenvalue weighted by Crippen LogP contribution is -2.48. The highest BCUT2D eigenvalue weighted by molar-refractivity contribution is 6.00. The first-order valence-corrected chi connectivity index (χ1v) is 6.72. The first-order chi connectivity index (χ1) is 10.1. The Kier molecular flexibility index (Phi) is 4.71. The molecular formula is C13H18N4O4. The fraction of sp³-hybridized carbons (Fsp3) is 0.462. The van der Waals surface area contributed by atoms with E-state index >= 15 is 0 Å². The van der Waals surface area contributed by atoms with Crippen LogP contribution in [0.4, 0.5) is 11.4 Å². The highest BCUT2D eigenvalue weighted by Gasteiger charge is 2.29. The highest BCUT2D eigenvalue weighted by Crippen LogP contribution is 2.24. The molecule has 1 atom stereocenters. The molecule has 0 saturated carbocycles. The molecule has 21 heavy (non-hydrogen) atoms. The molecule has 0 aromatic heterocycles. The van der Waals surface area contributed by atoms with Gasteiger partial charge in [-0.15, -0.1) is 0 Å². The highest BCUT2D eigenvalue weighted by atomic mass is 16.6. The van der Waals surface area contributed by atoms with Gasteiger partial charge in [-0.2, -0.15) is 0 Å². The average Bonchev–Trinajstić information content (AvgIpc) is 2.53. The van der Waals surface area contributed by atoms with Crippen LogP contribution in [0.3, 0.4) is 0 Å². The number of ether oxygens (including phenoxy) is 1. The lowest BCUT2D eigenvalue weighted by Gasteiger charge is -2.35. The zero-order valence-corrected chi connectivity index (χ0v) is 11.7. The van der Waals surface area contributed by atoms with Crippen LogP contribution in [0, 0.1) is 10.1 Å². The second-order valence-corrected chi connectivity index (χ2v) is 4.77. The number of hydrazine groups is 1. The molecule has 0 aliphatic carbocycles. The summed E-state index contributed by atoms with van der Waals surface area (Å²) in [4.78, 5) is 24.7. The lowest BCUT2D eigenvalue weighted by atomic mass is 10.1. The maximum Gasteiger partial charge on any atom is 0.270 e. The van der Waals surface area contributed by atoms with E-state index in [1.165, 1.54) is 18.2 Å². The molecule has 8 heteroatoms. The molecule has 2 rings (SSSR count). The van der Waals surface area contributed by atoms with E-state index in [0.29, 0.717) is 25.4 Å². The van der Waals surface area contributed by atoms with Crippen molar-refractivity contribution < 1.29 is 14.5 Å². The van der Waals surface area contributed by atoms with Crippen molar-refractivity contribution in [3.8, 4) is 0 Å². The Balaban J connectivity index is 2.36. The molecule has 0 radical (unpaired) electrons. The molecule has 1 aliphatic rings. The summed E-state index contributed by atoms with van der Waals surface area (Å²) in [7, 11) is 0. The Hall–Kier alpha value is -2.19. The number of nitro benzene ring substituents is 1. The predicted octanol–water partition coefficient (Wildman–Crippen LogP) is 1.13. The van der Waals surface area contributed by atoms with Gasteiger partial charge in [0.2, 0.25) is 0 Å². The molecule has 8 nitrogen and oxygen atoms in total. The van der Waals surface area contributed by atoms with E-state index in [1.807, 2.05) is 6.92 Å². The largest absolute Gasteiger partial charge is 0.377 e. The molecule has 1 unspecified atom stereocenters. The van der Waals surface area contributed by atoms with Crippen LogP contribution in [0.25, 0.3) is 0 Å². The van der Waals surface area contributed by atoms with Crippen molar-refractivity contribution in [3.63, 3.8) is 0 Å². The second kappa shape index (κ2) is 6.51. The molecule has 3 N–H and O–H groups in total. The lowest BCUT2D eigenvalue weighted by molar-refractivity contribution is -0.384. The molecule has 1 aromatic rings. The van der Waals surface area contributed by atoms with Crippen molar-refractivity contribution in [2.24, 2.45) is 5.84 Å². The second-order valence-electron chi connectivity index (χ2n) is 4.77. The zero-order chi connectivity index (χ0) is 15.4. The summed E-state index contributed by atoms with van der Waals surface area (Å²) in [6, 6.07) is 3.96. The quantitative estimate of drug-likeness (QED) is 0.489. The van der Waals surface area contributed by atoms with E-state index in [1.54, 1.807) is 4.90 Å². The Bertz CT molecular complexity index is 549. The van der Waals surface area contributed by atoms with Crippen molar-refractivity contribution in [1.29, 1.82) is 0 Å². The van der Waals surface area contributed by atoms with Crippen molar-refractivity contribution >= 4 is 17.3 Å². The standard InChI is InChI=1S/C13H18N4O4/c1-2-9-8-21-6-5-16(9)13(18)11-7-10(17(19)20)3-4-12(11)15-14/h3-4,7,9,15H,2,5-6,8,14H2,1H3. The number of morpholine rings is 1. The molecule has 1 aromatic carbocycles. The smallest absolute Gasteiger partial charge is 0.270 e. The number of carbonyl (C=O) groups is 1. The molecule has 1 amide bonds. The summed E-state index contributed by atoms with van der Waals surface area (Å²) in [5.74, 6) is 5.12. The Morgan fingerprint density at radius 2 is 2.38 bits per heavy atom. The van der Waals surface area contributed by atoms with Gasteiger partial charge in [0, 0.05) is 18.7 Å². The van der Waals surface area contributed by atoms with E-state index in [9.17, 15) is 14.9 Å². The van der Waals surface area contributed by atoms with Gasteiger partial charge in [-0.1, -0.05) is 6.92 Å². The third-order valence-corrected chi connectivity index (χ3v) is 3.56. The van der Waals surface area contributed by atoms with Gasteiger partial charge in [-0.05, 0) is 12.5 Å². The SMILES string of the molecule is CCC1COCCN1C(=O)c1cc([N+](=O)[O-])ccc1NN. The number of hydrogen-bond donors (Lipinski definition) is 2. The minimum absolute atomic E-state index is 0.0314. The van der Waals surface area contributed by atoms with Gasteiger partial charge in [0.1, 0.15) is 0 Å². The number of non-ortho nitro benzene ring substituents is 1. The normalized spacial score (nSPS) is 18.4.